The van der Waals surface area contributed by atoms with Crippen LogP contribution >= 0.6 is 0 Å². The summed E-state index contributed by atoms with van der Waals surface area (Å²) in [5, 5.41) is 1.84. The Morgan fingerprint density at radius 1 is 1.46 bits per heavy atom. The average Bonchev–Trinajstić information content (AvgIpc) is 1.80. The molecule has 1 saturated carbocycles. The van der Waals surface area contributed by atoms with Gasteiger partial charge in [0.15, 0.2) is 0 Å². The zero-order valence-electron chi connectivity index (χ0n) is 6.91. The van der Waals surface area contributed by atoms with Crippen molar-refractivity contribution in [2.24, 2.45) is 0 Å². The molecule has 1 rings (SSSR count). The molecule has 1 amide bonds. The first-order valence-corrected chi connectivity index (χ1v) is 3.77. The van der Waals surface area contributed by atoms with Crippen molar-refractivity contribution in [3.8, 4) is 0 Å². The SMILES string of the molecule is CC(F)(F)C(=O)NC1CC(F)(F)C1. The lowest BCUT2D eigenvalue weighted by molar-refractivity contribution is -0.149. The van der Waals surface area contributed by atoms with E-state index in [2.05, 4.69) is 0 Å². The van der Waals surface area contributed by atoms with E-state index in [4.69, 9.17) is 0 Å². The smallest absolute Gasteiger partial charge is 0.321 e. The second kappa shape index (κ2) is 2.85. The molecule has 1 aliphatic carbocycles. The van der Waals surface area contributed by atoms with Crippen LogP contribution in [-0.2, 0) is 4.79 Å². The Morgan fingerprint density at radius 3 is 2.23 bits per heavy atom. The third-order valence-electron chi connectivity index (χ3n) is 1.82. The Morgan fingerprint density at radius 2 is 1.92 bits per heavy atom. The second-order valence-electron chi connectivity index (χ2n) is 3.32. The van der Waals surface area contributed by atoms with Gasteiger partial charge in [-0.25, -0.2) is 8.78 Å². The van der Waals surface area contributed by atoms with Crippen LogP contribution in [0.15, 0.2) is 0 Å². The Labute approximate surface area is 72.3 Å². The molecule has 1 aliphatic rings. The van der Waals surface area contributed by atoms with Crippen LogP contribution < -0.4 is 5.32 Å². The number of halogens is 4. The Kier molecular flexibility index (Phi) is 2.25. The first-order valence-electron chi connectivity index (χ1n) is 3.77. The highest BCUT2D eigenvalue weighted by molar-refractivity contribution is 5.83. The van der Waals surface area contributed by atoms with E-state index in [1.54, 1.807) is 0 Å². The predicted octanol–water partition coefficient (Wildman–Crippen LogP) is 1.56. The summed E-state index contributed by atoms with van der Waals surface area (Å²) in [6.45, 7) is 0.430. The summed E-state index contributed by atoms with van der Waals surface area (Å²) < 4.78 is 48.9. The second-order valence-corrected chi connectivity index (χ2v) is 3.32. The zero-order valence-corrected chi connectivity index (χ0v) is 6.91. The van der Waals surface area contributed by atoms with E-state index in [1.807, 2.05) is 5.32 Å². The van der Waals surface area contributed by atoms with Crippen molar-refractivity contribution in [2.45, 2.75) is 37.7 Å². The van der Waals surface area contributed by atoms with E-state index in [1.165, 1.54) is 0 Å². The zero-order chi connectivity index (χ0) is 10.3. The summed E-state index contributed by atoms with van der Waals surface area (Å²) in [4.78, 5) is 10.6. The third kappa shape index (κ3) is 2.57. The molecule has 6 heteroatoms. The van der Waals surface area contributed by atoms with Gasteiger partial charge in [-0.1, -0.05) is 0 Å². The van der Waals surface area contributed by atoms with E-state index >= 15 is 0 Å². The molecule has 0 heterocycles. The van der Waals surface area contributed by atoms with Crippen molar-refractivity contribution >= 4 is 5.91 Å². The maximum absolute atomic E-state index is 12.2. The molecule has 0 atom stereocenters. The van der Waals surface area contributed by atoms with Gasteiger partial charge in [-0.15, -0.1) is 0 Å². The molecule has 1 fully saturated rings. The monoisotopic (exact) mass is 199 g/mol. The molecule has 0 unspecified atom stereocenters. The van der Waals surface area contributed by atoms with Crippen molar-refractivity contribution in [3.63, 3.8) is 0 Å². The third-order valence-corrected chi connectivity index (χ3v) is 1.82. The summed E-state index contributed by atoms with van der Waals surface area (Å²) in [5.74, 6) is -7.79. The Hall–Kier alpha value is -0.810. The number of rotatable bonds is 2. The maximum atomic E-state index is 12.2. The van der Waals surface area contributed by atoms with Gasteiger partial charge in [-0.3, -0.25) is 4.79 Å². The quantitative estimate of drug-likeness (QED) is 0.672. The van der Waals surface area contributed by atoms with Gasteiger partial charge in [-0.2, -0.15) is 8.78 Å². The van der Waals surface area contributed by atoms with Crippen molar-refractivity contribution in [3.05, 3.63) is 0 Å². The average molecular weight is 199 g/mol. The minimum atomic E-state index is -3.50. The number of carbonyl (C=O) groups is 1. The molecule has 0 aromatic heterocycles. The molecule has 0 radical (unpaired) electrons. The normalized spacial score (nSPS) is 22.2. The number of carbonyl (C=O) groups excluding carboxylic acids is 1. The number of hydrogen-bond acceptors (Lipinski definition) is 1. The molecule has 0 aromatic carbocycles. The van der Waals surface area contributed by atoms with Crippen molar-refractivity contribution in [1.29, 1.82) is 0 Å². The summed E-state index contributed by atoms with van der Waals surface area (Å²) in [6.07, 6.45) is -1.09. The molecule has 0 saturated heterocycles. The van der Waals surface area contributed by atoms with E-state index in [9.17, 15) is 22.4 Å². The fraction of sp³-hybridized carbons (Fsp3) is 0.857. The summed E-state index contributed by atoms with van der Waals surface area (Å²) in [5.41, 5.74) is 0. The fourth-order valence-corrected chi connectivity index (χ4v) is 1.08. The number of alkyl halides is 4. The largest absolute Gasteiger partial charge is 0.348 e. The molecular formula is C7H9F4NO. The van der Waals surface area contributed by atoms with Crippen LogP contribution in [-0.4, -0.2) is 23.8 Å². The van der Waals surface area contributed by atoms with Crippen molar-refractivity contribution in [2.75, 3.05) is 0 Å². The highest BCUT2D eigenvalue weighted by Crippen LogP contribution is 2.37. The van der Waals surface area contributed by atoms with Crippen LogP contribution in [0.2, 0.25) is 0 Å². The van der Waals surface area contributed by atoms with Crippen molar-refractivity contribution in [1.82, 2.24) is 5.32 Å². The molecular weight excluding hydrogens is 190 g/mol. The molecule has 2 nitrogen and oxygen atoms in total. The first kappa shape index (κ1) is 10.3. The van der Waals surface area contributed by atoms with Crippen LogP contribution in [0.1, 0.15) is 19.8 Å². The van der Waals surface area contributed by atoms with E-state index in [-0.39, 0.29) is 0 Å². The maximum Gasteiger partial charge on any atom is 0.321 e. The van der Waals surface area contributed by atoms with Gasteiger partial charge in [0.25, 0.3) is 11.8 Å². The molecule has 0 aliphatic heterocycles. The van der Waals surface area contributed by atoms with Gasteiger partial charge >= 0.3 is 5.92 Å². The van der Waals surface area contributed by atoms with Gasteiger partial charge in [-0.05, 0) is 0 Å². The molecule has 76 valence electrons. The van der Waals surface area contributed by atoms with E-state index < -0.39 is 36.6 Å². The van der Waals surface area contributed by atoms with Gasteiger partial charge in [0, 0.05) is 25.8 Å². The standard InChI is InChI=1S/C7H9F4NO/c1-6(8,9)5(13)12-4-2-7(10,11)3-4/h4H,2-3H2,1H3,(H,12,13). The van der Waals surface area contributed by atoms with Gasteiger partial charge in [0.2, 0.25) is 0 Å². The predicted molar refractivity (Wildman–Crippen MR) is 36.7 cm³/mol. The van der Waals surface area contributed by atoms with Crippen LogP contribution in [0.5, 0.6) is 0 Å². The molecule has 13 heavy (non-hydrogen) atoms. The molecule has 1 N–H and O–H groups in total. The Balaban J connectivity index is 2.33. The fourth-order valence-electron chi connectivity index (χ4n) is 1.08. The van der Waals surface area contributed by atoms with Crippen LogP contribution in [0.3, 0.4) is 0 Å². The molecule has 0 aromatic rings. The van der Waals surface area contributed by atoms with Gasteiger partial charge in [0.1, 0.15) is 0 Å². The molecule has 0 bridgehead atoms. The summed E-state index contributed by atoms with van der Waals surface area (Å²) in [7, 11) is 0. The summed E-state index contributed by atoms with van der Waals surface area (Å²) >= 11 is 0. The number of nitrogens with one attached hydrogen (secondary N) is 1. The highest BCUT2D eigenvalue weighted by Gasteiger charge is 2.47. The minimum Gasteiger partial charge on any atom is -0.348 e. The summed E-state index contributed by atoms with van der Waals surface area (Å²) in [6, 6.07) is -0.812. The number of hydrogen-bond donors (Lipinski definition) is 1. The first-order chi connectivity index (χ1) is 5.71. The minimum absolute atomic E-state index is 0.430. The van der Waals surface area contributed by atoms with Crippen LogP contribution in [0.4, 0.5) is 17.6 Å². The van der Waals surface area contributed by atoms with E-state index in [0.717, 1.165) is 0 Å². The van der Waals surface area contributed by atoms with Crippen molar-refractivity contribution < 1.29 is 22.4 Å². The van der Waals surface area contributed by atoms with Crippen LogP contribution in [0, 0.1) is 0 Å². The lowest BCUT2D eigenvalue weighted by atomic mass is 9.88. The van der Waals surface area contributed by atoms with E-state index in [0.29, 0.717) is 6.92 Å². The lowest BCUT2D eigenvalue weighted by Gasteiger charge is -2.35. The number of amides is 1. The molecule has 0 spiro atoms. The van der Waals surface area contributed by atoms with Gasteiger partial charge in [0.05, 0.1) is 0 Å². The highest BCUT2D eigenvalue weighted by atomic mass is 19.3. The van der Waals surface area contributed by atoms with Gasteiger partial charge < -0.3 is 5.32 Å². The topological polar surface area (TPSA) is 29.1 Å². The lowest BCUT2D eigenvalue weighted by Crippen LogP contribution is -2.53. The van der Waals surface area contributed by atoms with Crippen LogP contribution in [0.25, 0.3) is 0 Å². The Bertz CT molecular complexity index is 215.